The number of unbranched alkanes of at least 4 members (excludes halogenated alkanes) is 1. The van der Waals surface area contributed by atoms with Crippen LogP contribution in [0.5, 0.6) is 0 Å². The summed E-state index contributed by atoms with van der Waals surface area (Å²) < 4.78 is 23.4. The first-order chi connectivity index (χ1) is 9.75. The molecule has 0 aliphatic carbocycles. The Morgan fingerprint density at radius 3 is 2.57 bits per heavy atom. The number of amides is 1. The van der Waals surface area contributed by atoms with Gasteiger partial charge in [-0.05, 0) is 30.5 Å². The second-order valence-electron chi connectivity index (χ2n) is 5.63. The number of hydrogen-bond donors (Lipinski definition) is 1. The molecule has 1 atom stereocenters. The lowest BCUT2D eigenvalue weighted by atomic mass is 10.0. The second kappa shape index (κ2) is 7.59. The van der Waals surface area contributed by atoms with Gasteiger partial charge in [0, 0.05) is 18.7 Å². The maximum absolute atomic E-state index is 11.9. The SMILES string of the molecule is CCCCC(C)C(=O)NCc1ccc(C)c(S(C)(=O)=O)c1. The first-order valence-corrected chi connectivity index (χ1v) is 9.22. The molecule has 0 aliphatic heterocycles. The largest absolute Gasteiger partial charge is 0.352 e. The minimum absolute atomic E-state index is 0.00947. The maximum atomic E-state index is 11.9. The minimum atomic E-state index is -3.24. The van der Waals surface area contributed by atoms with Crippen LogP contribution in [0, 0.1) is 12.8 Å². The number of aryl methyl sites for hydroxylation is 1. The molecule has 5 heteroatoms. The van der Waals surface area contributed by atoms with E-state index in [1.165, 1.54) is 6.26 Å². The molecule has 4 nitrogen and oxygen atoms in total. The molecule has 1 N–H and O–H groups in total. The molecule has 0 fully saturated rings. The Kier molecular flexibility index (Phi) is 6.40. The van der Waals surface area contributed by atoms with Crippen molar-refractivity contribution >= 4 is 15.7 Å². The molecule has 1 aromatic carbocycles. The van der Waals surface area contributed by atoms with Crippen molar-refractivity contribution in [2.24, 2.45) is 5.92 Å². The van der Waals surface area contributed by atoms with Gasteiger partial charge >= 0.3 is 0 Å². The quantitative estimate of drug-likeness (QED) is 0.842. The van der Waals surface area contributed by atoms with Gasteiger partial charge in [0.25, 0.3) is 0 Å². The van der Waals surface area contributed by atoms with Crippen LogP contribution >= 0.6 is 0 Å². The van der Waals surface area contributed by atoms with E-state index in [4.69, 9.17) is 0 Å². The summed E-state index contributed by atoms with van der Waals surface area (Å²) in [6.45, 7) is 6.15. The van der Waals surface area contributed by atoms with E-state index in [2.05, 4.69) is 12.2 Å². The number of sulfone groups is 1. The van der Waals surface area contributed by atoms with Gasteiger partial charge < -0.3 is 5.32 Å². The Bertz CT molecular complexity index is 594. The molecule has 0 heterocycles. The van der Waals surface area contributed by atoms with Crippen molar-refractivity contribution in [2.75, 3.05) is 6.26 Å². The van der Waals surface area contributed by atoms with Gasteiger partial charge in [-0.3, -0.25) is 4.79 Å². The van der Waals surface area contributed by atoms with Crippen molar-refractivity contribution < 1.29 is 13.2 Å². The van der Waals surface area contributed by atoms with Gasteiger partial charge in [-0.15, -0.1) is 0 Å². The first-order valence-electron chi connectivity index (χ1n) is 7.33. The van der Waals surface area contributed by atoms with Crippen LogP contribution in [0.25, 0.3) is 0 Å². The lowest BCUT2D eigenvalue weighted by Gasteiger charge is -2.12. The first kappa shape index (κ1) is 17.7. The molecule has 0 aromatic heterocycles. The van der Waals surface area contributed by atoms with Crippen LogP contribution in [0.4, 0.5) is 0 Å². The Labute approximate surface area is 127 Å². The van der Waals surface area contributed by atoms with Crippen molar-refractivity contribution in [3.05, 3.63) is 29.3 Å². The third-order valence-electron chi connectivity index (χ3n) is 3.56. The average molecular weight is 311 g/mol. The van der Waals surface area contributed by atoms with Crippen LogP contribution in [-0.2, 0) is 21.2 Å². The van der Waals surface area contributed by atoms with Crippen LogP contribution in [0.1, 0.15) is 44.2 Å². The zero-order valence-corrected chi connectivity index (χ0v) is 14.1. The van der Waals surface area contributed by atoms with E-state index in [1.807, 2.05) is 13.0 Å². The molecular formula is C16H25NO3S. The molecule has 0 aliphatic rings. The van der Waals surface area contributed by atoms with Crippen LogP contribution in [0.3, 0.4) is 0 Å². The van der Waals surface area contributed by atoms with Crippen molar-refractivity contribution in [1.82, 2.24) is 5.32 Å². The normalized spacial score (nSPS) is 13.0. The summed E-state index contributed by atoms with van der Waals surface area (Å²) in [4.78, 5) is 12.3. The van der Waals surface area contributed by atoms with Gasteiger partial charge in [-0.25, -0.2) is 8.42 Å². The second-order valence-corrected chi connectivity index (χ2v) is 7.62. The molecule has 0 bridgehead atoms. The van der Waals surface area contributed by atoms with Crippen LogP contribution in [0.2, 0.25) is 0 Å². The zero-order chi connectivity index (χ0) is 16.0. The van der Waals surface area contributed by atoms with Crippen molar-refractivity contribution in [1.29, 1.82) is 0 Å². The summed E-state index contributed by atoms with van der Waals surface area (Å²) in [7, 11) is -3.24. The maximum Gasteiger partial charge on any atom is 0.223 e. The average Bonchev–Trinajstić information content (AvgIpc) is 2.42. The summed E-state index contributed by atoms with van der Waals surface area (Å²) in [6.07, 6.45) is 4.19. The molecule has 21 heavy (non-hydrogen) atoms. The van der Waals surface area contributed by atoms with Gasteiger partial charge in [0.1, 0.15) is 0 Å². The van der Waals surface area contributed by atoms with Gasteiger partial charge in [0.2, 0.25) is 5.91 Å². The summed E-state index contributed by atoms with van der Waals surface area (Å²) in [6, 6.07) is 5.26. The van der Waals surface area contributed by atoms with Gasteiger partial charge in [0.05, 0.1) is 4.90 Å². The number of hydrogen-bond acceptors (Lipinski definition) is 3. The number of nitrogens with one attached hydrogen (secondary N) is 1. The van der Waals surface area contributed by atoms with E-state index in [0.29, 0.717) is 11.4 Å². The van der Waals surface area contributed by atoms with Gasteiger partial charge in [-0.2, -0.15) is 0 Å². The van der Waals surface area contributed by atoms with E-state index < -0.39 is 9.84 Å². The Morgan fingerprint density at radius 2 is 2.00 bits per heavy atom. The Morgan fingerprint density at radius 1 is 1.33 bits per heavy atom. The van der Waals surface area contributed by atoms with Crippen molar-refractivity contribution in [3.8, 4) is 0 Å². The summed E-state index contributed by atoms with van der Waals surface area (Å²) in [5.41, 5.74) is 1.53. The van der Waals surface area contributed by atoms with E-state index in [9.17, 15) is 13.2 Å². The number of carbonyl (C=O) groups excluding carboxylic acids is 1. The molecule has 0 spiro atoms. The standard InChI is InChI=1S/C16H25NO3S/c1-5-6-7-13(3)16(18)17-11-14-9-8-12(2)15(10-14)21(4,19)20/h8-10,13H,5-7,11H2,1-4H3,(H,17,18). The highest BCUT2D eigenvalue weighted by Crippen LogP contribution is 2.17. The molecule has 1 aromatic rings. The van der Waals surface area contributed by atoms with E-state index in [1.54, 1.807) is 19.1 Å². The number of carbonyl (C=O) groups is 1. The van der Waals surface area contributed by atoms with Gasteiger partial charge in [-0.1, -0.05) is 38.8 Å². The highest BCUT2D eigenvalue weighted by Gasteiger charge is 2.14. The van der Waals surface area contributed by atoms with E-state index >= 15 is 0 Å². The van der Waals surface area contributed by atoms with E-state index in [0.717, 1.165) is 30.4 Å². The summed E-state index contributed by atoms with van der Waals surface area (Å²) in [5, 5.41) is 2.87. The van der Waals surface area contributed by atoms with Crippen molar-refractivity contribution in [2.45, 2.75) is 51.5 Å². The lowest BCUT2D eigenvalue weighted by Crippen LogP contribution is -2.28. The molecule has 1 amide bonds. The molecular weight excluding hydrogens is 286 g/mol. The highest BCUT2D eigenvalue weighted by molar-refractivity contribution is 7.90. The van der Waals surface area contributed by atoms with Crippen LogP contribution in [-0.4, -0.2) is 20.6 Å². The fourth-order valence-electron chi connectivity index (χ4n) is 2.16. The minimum Gasteiger partial charge on any atom is -0.352 e. The monoisotopic (exact) mass is 311 g/mol. The van der Waals surface area contributed by atoms with Crippen LogP contribution in [0.15, 0.2) is 23.1 Å². The Balaban J connectivity index is 2.70. The highest BCUT2D eigenvalue weighted by atomic mass is 32.2. The topological polar surface area (TPSA) is 63.2 Å². The fraction of sp³-hybridized carbons (Fsp3) is 0.562. The zero-order valence-electron chi connectivity index (χ0n) is 13.3. The molecule has 1 unspecified atom stereocenters. The molecule has 118 valence electrons. The number of benzene rings is 1. The number of rotatable bonds is 7. The fourth-order valence-corrected chi connectivity index (χ4v) is 3.18. The summed E-state index contributed by atoms with van der Waals surface area (Å²) in [5.74, 6) is 0.00899. The predicted molar refractivity (Wildman–Crippen MR) is 84.8 cm³/mol. The van der Waals surface area contributed by atoms with Crippen LogP contribution < -0.4 is 5.32 Å². The summed E-state index contributed by atoms with van der Waals surface area (Å²) >= 11 is 0. The van der Waals surface area contributed by atoms with Crippen molar-refractivity contribution in [3.63, 3.8) is 0 Å². The Hall–Kier alpha value is -1.36. The smallest absolute Gasteiger partial charge is 0.223 e. The third kappa shape index (κ3) is 5.50. The van der Waals surface area contributed by atoms with E-state index in [-0.39, 0.29) is 11.8 Å². The molecule has 1 rings (SSSR count). The molecule has 0 saturated carbocycles. The third-order valence-corrected chi connectivity index (χ3v) is 4.80. The van der Waals surface area contributed by atoms with Gasteiger partial charge in [0.15, 0.2) is 9.84 Å². The molecule has 0 saturated heterocycles. The molecule has 0 radical (unpaired) electrons. The lowest BCUT2D eigenvalue weighted by molar-refractivity contribution is -0.124. The predicted octanol–water partition coefficient (Wildman–Crippen LogP) is 2.84.